The molecule has 0 bridgehead atoms. The second-order valence-corrected chi connectivity index (χ2v) is 6.35. The monoisotopic (exact) mass is 386 g/mol. The van der Waals surface area contributed by atoms with Crippen LogP contribution in [0.25, 0.3) is 5.69 Å². The van der Waals surface area contributed by atoms with Crippen LogP contribution in [0.5, 0.6) is 5.75 Å². The highest BCUT2D eigenvalue weighted by molar-refractivity contribution is 6.30. The second kappa shape index (κ2) is 8.20. The Kier molecular flexibility index (Phi) is 5.73. The number of carbonyl (C=O) groups excluding carboxylic acids is 1. The van der Waals surface area contributed by atoms with E-state index in [1.807, 2.05) is 6.07 Å². The summed E-state index contributed by atoms with van der Waals surface area (Å²) in [7, 11) is 1.57. The summed E-state index contributed by atoms with van der Waals surface area (Å²) in [4.78, 5) is 12.4. The van der Waals surface area contributed by atoms with Gasteiger partial charge in [-0.3, -0.25) is 4.79 Å². The molecule has 1 heterocycles. The Bertz CT molecular complexity index is 940. The van der Waals surface area contributed by atoms with Crippen molar-refractivity contribution in [3.8, 4) is 11.4 Å². The number of hydrogen-bond donors (Lipinski definition) is 2. The molecular formula is C19H19ClN4O3. The number of ether oxygens (including phenoxy) is 1. The molecule has 3 rings (SSSR count). The summed E-state index contributed by atoms with van der Waals surface area (Å²) < 4.78 is 6.63. The fraction of sp³-hybridized carbons (Fsp3) is 0.211. The summed E-state index contributed by atoms with van der Waals surface area (Å²) in [5, 5.41) is 21.5. The lowest BCUT2D eigenvalue weighted by Gasteiger charge is -2.12. The number of aromatic nitrogens is 3. The van der Waals surface area contributed by atoms with Gasteiger partial charge >= 0.3 is 0 Å². The van der Waals surface area contributed by atoms with Crippen LogP contribution in [-0.4, -0.2) is 39.7 Å². The third-order valence-electron chi connectivity index (χ3n) is 4.12. The highest BCUT2D eigenvalue weighted by Crippen LogP contribution is 2.18. The molecule has 3 aromatic rings. The van der Waals surface area contributed by atoms with Gasteiger partial charge in [0.05, 0.1) is 24.6 Å². The zero-order valence-corrected chi connectivity index (χ0v) is 15.6. The van der Waals surface area contributed by atoms with Crippen molar-refractivity contribution in [2.45, 2.75) is 13.0 Å². The lowest BCUT2D eigenvalue weighted by atomic mass is 10.1. The molecule has 0 saturated carbocycles. The van der Waals surface area contributed by atoms with Crippen molar-refractivity contribution >= 4 is 17.5 Å². The Morgan fingerprint density at radius 2 is 2.04 bits per heavy atom. The minimum absolute atomic E-state index is 0.0502. The number of amides is 1. The first-order valence-corrected chi connectivity index (χ1v) is 8.66. The molecule has 0 aliphatic rings. The van der Waals surface area contributed by atoms with Gasteiger partial charge in [-0.1, -0.05) is 35.0 Å². The topological polar surface area (TPSA) is 89.3 Å². The molecule has 1 unspecified atom stereocenters. The van der Waals surface area contributed by atoms with E-state index in [1.165, 1.54) is 0 Å². The number of halogens is 1. The number of aliphatic hydroxyl groups is 1. The minimum Gasteiger partial charge on any atom is -0.497 e. The number of hydrogen-bond acceptors (Lipinski definition) is 5. The van der Waals surface area contributed by atoms with E-state index in [1.54, 1.807) is 61.2 Å². The van der Waals surface area contributed by atoms with E-state index in [0.29, 0.717) is 27.7 Å². The lowest BCUT2D eigenvalue weighted by molar-refractivity contribution is 0.0910. The number of rotatable bonds is 6. The first kappa shape index (κ1) is 18.9. The van der Waals surface area contributed by atoms with E-state index in [4.69, 9.17) is 16.3 Å². The van der Waals surface area contributed by atoms with Gasteiger partial charge in [0, 0.05) is 11.6 Å². The maximum Gasteiger partial charge on any atom is 0.273 e. The highest BCUT2D eigenvalue weighted by Gasteiger charge is 2.18. The normalized spacial score (nSPS) is 11.9. The molecule has 0 radical (unpaired) electrons. The van der Waals surface area contributed by atoms with E-state index >= 15 is 0 Å². The Hall–Kier alpha value is -2.90. The third-order valence-corrected chi connectivity index (χ3v) is 4.35. The van der Waals surface area contributed by atoms with Gasteiger partial charge in [-0.25, -0.2) is 4.68 Å². The van der Waals surface area contributed by atoms with E-state index in [-0.39, 0.29) is 12.2 Å². The number of methoxy groups -OCH3 is 1. The molecule has 1 aromatic heterocycles. The number of benzene rings is 2. The first-order chi connectivity index (χ1) is 13.0. The van der Waals surface area contributed by atoms with Crippen LogP contribution in [0.4, 0.5) is 0 Å². The summed E-state index contributed by atoms with van der Waals surface area (Å²) in [5.74, 6) is 0.288. The minimum atomic E-state index is -0.844. The van der Waals surface area contributed by atoms with Gasteiger partial charge in [0.15, 0.2) is 5.69 Å². The summed E-state index contributed by atoms with van der Waals surface area (Å²) in [5.41, 5.74) is 2.16. The van der Waals surface area contributed by atoms with Gasteiger partial charge in [-0.05, 0) is 42.8 Å². The Balaban J connectivity index is 1.67. The van der Waals surface area contributed by atoms with Crippen molar-refractivity contribution in [1.82, 2.24) is 20.3 Å². The number of nitrogens with zero attached hydrogens (tertiary/aromatic N) is 3. The molecule has 0 saturated heterocycles. The molecule has 2 aromatic carbocycles. The van der Waals surface area contributed by atoms with Crippen molar-refractivity contribution in [2.75, 3.05) is 13.7 Å². The lowest BCUT2D eigenvalue weighted by Crippen LogP contribution is -2.29. The van der Waals surface area contributed by atoms with E-state index in [0.717, 1.165) is 0 Å². The Labute approximate surface area is 161 Å². The van der Waals surface area contributed by atoms with Crippen molar-refractivity contribution in [1.29, 1.82) is 0 Å². The highest BCUT2D eigenvalue weighted by atomic mass is 35.5. The van der Waals surface area contributed by atoms with Crippen LogP contribution in [-0.2, 0) is 0 Å². The fourth-order valence-corrected chi connectivity index (χ4v) is 2.79. The molecule has 1 atom stereocenters. The Morgan fingerprint density at radius 3 is 2.70 bits per heavy atom. The molecule has 0 aliphatic carbocycles. The molecule has 0 aliphatic heterocycles. The maximum absolute atomic E-state index is 12.4. The van der Waals surface area contributed by atoms with Gasteiger partial charge < -0.3 is 15.2 Å². The molecule has 1 amide bonds. The predicted molar refractivity (Wildman–Crippen MR) is 101 cm³/mol. The molecule has 0 spiro atoms. The maximum atomic E-state index is 12.4. The average Bonchev–Trinajstić information content (AvgIpc) is 3.07. The predicted octanol–water partition coefficient (Wildman–Crippen LogP) is 2.70. The number of carbonyl (C=O) groups is 1. The van der Waals surface area contributed by atoms with E-state index < -0.39 is 12.0 Å². The first-order valence-electron chi connectivity index (χ1n) is 8.28. The van der Waals surface area contributed by atoms with Crippen LogP contribution in [0.2, 0.25) is 5.02 Å². The quantitative estimate of drug-likeness (QED) is 0.680. The van der Waals surface area contributed by atoms with Crippen LogP contribution in [0, 0.1) is 6.92 Å². The van der Waals surface area contributed by atoms with E-state index in [2.05, 4.69) is 15.6 Å². The molecule has 140 valence electrons. The van der Waals surface area contributed by atoms with Gasteiger partial charge in [0.25, 0.3) is 5.91 Å². The van der Waals surface area contributed by atoms with Crippen LogP contribution in [0.15, 0.2) is 48.5 Å². The summed E-state index contributed by atoms with van der Waals surface area (Å²) >= 11 is 6.00. The zero-order chi connectivity index (χ0) is 19.4. The summed E-state index contributed by atoms with van der Waals surface area (Å²) in [6.07, 6.45) is -0.844. The smallest absolute Gasteiger partial charge is 0.273 e. The third kappa shape index (κ3) is 4.27. The summed E-state index contributed by atoms with van der Waals surface area (Å²) in [6, 6.07) is 14.1. The second-order valence-electron chi connectivity index (χ2n) is 5.91. The van der Waals surface area contributed by atoms with Gasteiger partial charge in [0.1, 0.15) is 5.75 Å². The molecule has 2 N–H and O–H groups in total. The fourth-order valence-electron chi connectivity index (χ4n) is 2.61. The summed E-state index contributed by atoms with van der Waals surface area (Å²) in [6.45, 7) is 1.80. The standard InChI is InChI=1S/C19H19ClN4O3/c1-12-18(22-23-24(12)15-5-3-4-14(20)10-15)19(26)21-11-17(25)13-6-8-16(27-2)9-7-13/h3-10,17,25H,11H2,1-2H3,(H,21,26). The van der Waals surface area contributed by atoms with Crippen LogP contribution in [0.3, 0.4) is 0 Å². The van der Waals surface area contributed by atoms with Gasteiger partial charge in [-0.2, -0.15) is 0 Å². The molecule has 7 nitrogen and oxygen atoms in total. The van der Waals surface area contributed by atoms with Crippen molar-refractivity contribution in [3.05, 3.63) is 70.5 Å². The van der Waals surface area contributed by atoms with Crippen LogP contribution < -0.4 is 10.1 Å². The largest absolute Gasteiger partial charge is 0.497 e. The van der Waals surface area contributed by atoms with Crippen molar-refractivity contribution < 1.29 is 14.6 Å². The number of aliphatic hydroxyl groups excluding tert-OH is 1. The van der Waals surface area contributed by atoms with Crippen molar-refractivity contribution in [2.24, 2.45) is 0 Å². The van der Waals surface area contributed by atoms with Crippen LogP contribution >= 0.6 is 11.6 Å². The Morgan fingerprint density at radius 1 is 1.30 bits per heavy atom. The van der Waals surface area contributed by atoms with Gasteiger partial charge in [-0.15, -0.1) is 5.10 Å². The van der Waals surface area contributed by atoms with Crippen molar-refractivity contribution in [3.63, 3.8) is 0 Å². The molecule has 27 heavy (non-hydrogen) atoms. The van der Waals surface area contributed by atoms with Crippen LogP contribution in [0.1, 0.15) is 27.8 Å². The van der Waals surface area contributed by atoms with Gasteiger partial charge in [0.2, 0.25) is 0 Å². The van der Waals surface area contributed by atoms with E-state index in [9.17, 15) is 9.90 Å². The number of nitrogens with one attached hydrogen (secondary N) is 1. The SMILES string of the molecule is COc1ccc(C(O)CNC(=O)c2nnn(-c3cccc(Cl)c3)c2C)cc1. The molecule has 8 heteroatoms. The zero-order valence-electron chi connectivity index (χ0n) is 14.9. The average molecular weight is 387 g/mol. The molecular weight excluding hydrogens is 368 g/mol. The molecule has 0 fully saturated rings.